The number of benzene rings is 1. The molecule has 0 amide bonds. The van der Waals surface area contributed by atoms with Crippen molar-refractivity contribution in [1.82, 2.24) is 0 Å². The van der Waals surface area contributed by atoms with Crippen molar-refractivity contribution in [1.29, 1.82) is 0 Å². The van der Waals surface area contributed by atoms with Crippen LogP contribution in [0.2, 0.25) is 0 Å². The SMILES string of the molecule is NS(=O)(=O)c1csc(C(O)c2cccc(C(F)(F)F)c2)c1. The van der Waals surface area contributed by atoms with Gasteiger partial charge in [0.25, 0.3) is 0 Å². The molecule has 3 N–H and O–H groups in total. The summed E-state index contributed by atoms with van der Waals surface area (Å²) in [4.78, 5) is 0.00637. The zero-order valence-corrected chi connectivity index (χ0v) is 12.0. The Hall–Kier alpha value is -1.42. The fourth-order valence-corrected chi connectivity index (χ4v) is 3.50. The third kappa shape index (κ3) is 3.62. The fraction of sp³-hybridized carbons (Fsp3) is 0.167. The van der Waals surface area contributed by atoms with Crippen LogP contribution in [0.25, 0.3) is 0 Å². The minimum atomic E-state index is -4.52. The maximum absolute atomic E-state index is 12.6. The Labute approximate surface area is 122 Å². The van der Waals surface area contributed by atoms with E-state index < -0.39 is 27.9 Å². The second kappa shape index (κ2) is 5.41. The zero-order valence-electron chi connectivity index (χ0n) is 10.3. The lowest BCUT2D eigenvalue weighted by Gasteiger charge is -2.12. The smallest absolute Gasteiger partial charge is 0.383 e. The van der Waals surface area contributed by atoms with Crippen LogP contribution in [0.15, 0.2) is 40.6 Å². The van der Waals surface area contributed by atoms with Crippen LogP contribution in [0, 0.1) is 0 Å². The molecule has 0 aliphatic carbocycles. The van der Waals surface area contributed by atoms with E-state index in [1.807, 2.05) is 0 Å². The molecular weight excluding hydrogens is 327 g/mol. The molecule has 1 atom stereocenters. The number of primary sulfonamides is 1. The van der Waals surface area contributed by atoms with E-state index >= 15 is 0 Å². The number of aliphatic hydroxyl groups excluding tert-OH is 1. The topological polar surface area (TPSA) is 80.4 Å². The summed E-state index contributed by atoms with van der Waals surface area (Å²) in [6.07, 6.45) is -5.87. The van der Waals surface area contributed by atoms with E-state index in [2.05, 4.69) is 0 Å². The summed E-state index contributed by atoms with van der Waals surface area (Å²) in [7, 11) is -3.91. The molecule has 0 aliphatic heterocycles. The van der Waals surface area contributed by atoms with Gasteiger partial charge in [-0.1, -0.05) is 12.1 Å². The Morgan fingerprint density at radius 3 is 2.43 bits per heavy atom. The second-order valence-electron chi connectivity index (χ2n) is 4.26. The van der Waals surface area contributed by atoms with Crippen molar-refractivity contribution < 1.29 is 26.7 Å². The van der Waals surface area contributed by atoms with Crippen molar-refractivity contribution in [3.05, 3.63) is 51.7 Å². The monoisotopic (exact) mass is 337 g/mol. The standard InChI is InChI=1S/C12H10F3NO3S2/c13-12(14,15)8-3-1-2-7(4-8)11(17)10-5-9(6-20-10)21(16,18)19/h1-6,11,17H,(H2,16,18,19). The molecule has 0 radical (unpaired) electrons. The van der Waals surface area contributed by atoms with Gasteiger partial charge in [0.15, 0.2) is 0 Å². The van der Waals surface area contributed by atoms with Gasteiger partial charge in [-0.05, 0) is 23.8 Å². The highest BCUT2D eigenvalue weighted by Crippen LogP contribution is 2.34. The number of halogens is 3. The van der Waals surface area contributed by atoms with Crippen LogP contribution in [0.4, 0.5) is 13.2 Å². The van der Waals surface area contributed by atoms with E-state index in [9.17, 15) is 26.7 Å². The molecule has 1 heterocycles. The number of nitrogens with two attached hydrogens (primary N) is 1. The van der Waals surface area contributed by atoms with Gasteiger partial charge in [-0.15, -0.1) is 11.3 Å². The Morgan fingerprint density at radius 2 is 1.90 bits per heavy atom. The van der Waals surface area contributed by atoms with Gasteiger partial charge < -0.3 is 5.11 Å². The number of rotatable bonds is 3. The molecule has 0 saturated heterocycles. The number of hydrogen-bond donors (Lipinski definition) is 2. The Bertz CT molecular complexity index is 753. The third-order valence-corrected chi connectivity index (χ3v) is 4.75. The summed E-state index contributed by atoms with van der Waals surface area (Å²) < 4.78 is 60.1. The van der Waals surface area contributed by atoms with E-state index in [4.69, 9.17) is 5.14 Å². The van der Waals surface area contributed by atoms with Crippen LogP contribution in [0.3, 0.4) is 0 Å². The lowest BCUT2D eigenvalue weighted by Crippen LogP contribution is -2.11. The molecule has 4 nitrogen and oxygen atoms in total. The Balaban J connectivity index is 2.36. The number of hydrogen-bond acceptors (Lipinski definition) is 4. The summed E-state index contributed by atoms with van der Waals surface area (Å²) in [6.45, 7) is 0. The van der Waals surface area contributed by atoms with Crippen molar-refractivity contribution in [3.8, 4) is 0 Å². The average Bonchev–Trinajstić information content (AvgIpc) is 2.86. The number of alkyl halides is 3. The minimum Gasteiger partial charge on any atom is -0.383 e. The molecule has 0 spiro atoms. The lowest BCUT2D eigenvalue weighted by molar-refractivity contribution is -0.137. The van der Waals surface area contributed by atoms with Gasteiger partial charge in [-0.25, -0.2) is 13.6 Å². The van der Waals surface area contributed by atoms with E-state index in [1.54, 1.807) is 0 Å². The van der Waals surface area contributed by atoms with Crippen molar-refractivity contribution in [3.63, 3.8) is 0 Å². The fourth-order valence-electron chi connectivity index (χ4n) is 1.68. The van der Waals surface area contributed by atoms with E-state index in [-0.39, 0.29) is 15.3 Å². The summed E-state index contributed by atoms with van der Waals surface area (Å²) in [5.41, 5.74) is -0.866. The van der Waals surface area contributed by atoms with Crippen LogP contribution >= 0.6 is 11.3 Å². The molecule has 0 aliphatic rings. The molecule has 21 heavy (non-hydrogen) atoms. The van der Waals surface area contributed by atoms with Crippen molar-refractivity contribution in [2.45, 2.75) is 17.2 Å². The first kappa shape index (κ1) is 16.0. The molecule has 1 unspecified atom stereocenters. The molecule has 9 heteroatoms. The van der Waals surface area contributed by atoms with Crippen LogP contribution in [0.5, 0.6) is 0 Å². The first-order valence-electron chi connectivity index (χ1n) is 5.55. The first-order chi connectivity index (χ1) is 9.59. The third-order valence-electron chi connectivity index (χ3n) is 2.72. The molecule has 0 saturated carbocycles. The normalized spacial score (nSPS) is 14.1. The molecule has 1 aromatic carbocycles. The maximum Gasteiger partial charge on any atom is 0.416 e. The largest absolute Gasteiger partial charge is 0.416 e. The summed E-state index contributed by atoms with van der Waals surface area (Å²) >= 11 is 0.902. The number of aliphatic hydroxyl groups is 1. The molecule has 0 bridgehead atoms. The summed E-state index contributed by atoms with van der Waals surface area (Å²) in [5, 5.41) is 16.2. The highest BCUT2D eigenvalue weighted by molar-refractivity contribution is 7.89. The van der Waals surface area contributed by atoms with Crippen molar-refractivity contribution in [2.75, 3.05) is 0 Å². The molecule has 0 fully saturated rings. The zero-order chi connectivity index (χ0) is 15.8. The van der Waals surface area contributed by atoms with Gasteiger partial charge in [-0.2, -0.15) is 13.2 Å². The van der Waals surface area contributed by atoms with Gasteiger partial charge in [-0.3, -0.25) is 0 Å². The van der Waals surface area contributed by atoms with Crippen LogP contribution in [0.1, 0.15) is 22.1 Å². The van der Waals surface area contributed by atoms with Gasteiger partial charge in [0.2, 0.25) is 10.0 Å². The molecule has 1 aromatic heterocycles. The Kier molecular flexibility index (Phi) is 4.11. The van der Waals surface area contributed by atoms with Crippen molar-refractivity contribution >= 4 is 21.4 Å². The van der Waals surface area contributed by atoms with Gasteiger partial charge in [0.05, 0.1) is 10.5 Å². The molecule has 2 rings (SSSR count). The van der Waals surface area contributed by atoms with Crippen LogP contribution in [-0.4, -0.2) is 13.5 Å². The van der Waals surface area contributed by atoms with E-state index in [0.29, 0.717) is 0 Å². The van der Waals surface area contributed by atoms with E-state index in [1.165, 1.54) is 17.5 Å². The van der Waals surface area contributed by atoms with Crippen LogP contribution in [-0.2, 0) is 16.2 Å². The number of thiophene rings is 1. The number of sulfonamides is 1. The lowest BCUT2D eigenvalue weighted by atomic mass is 10.0. The molecule has 2 aromatic rings. The van der Waals surface area contributed by atoms with Crippen molar-refractivity contribution in [2.24, 2.45) is 5.14 Å². The van der Waals surface area contributed by atoms with E-state index in [0.717, 1.165) is 29.5 Å². The molecular formula is C12H10F3NO3S2. The summed E-state index contributed by atoms with van der Waals surface area (Å²) in [5.74, 6) is 0. The highest BCUT2D eigenvalue weighted by Gasteiger charge is 2.31. The predicted octanol–water partition coefficient (Wildman–Crippen LogP) is 2.50. The first-order valence-corrected chi connectivity index (χ1v) is 7.98. The van der Waals surface area contributed by atoms with Gasteiger partial charge >= 0.3 is 6.18 Å². The minimum absolute atomic E-state index is 0.0210. The quantitative estimate of drug-likeness (QED) is 0.903. The van der Waals surface area contributed by atoms with Gasteiger partial charge in [0.1, 0.15) is 6.10 Å². The van der Waals surface area contributed by atoms with Crippen LogP contribution < -0.4 is 5.14 Å². The Morgan fingerprint density at radius 1 is 1.24 bits per heavy atom. The van der Waals surface area contributed by atoms with Gasteiger partial charge in [0, 0.05) is 10.3 Å². The summed E-state index contributed by atoms with van der Waals surface area (Å²) in [6, 6.07) is 5.36. The predicted molar refractivity (Wildman–Crippen MR) is 71.2 cm³/mol. The highest BCUT2D eigenvalue weighted by atomic mass is 32.2. The molecule has 114 valence electrons. The maximum atomic E-state index is 12.6. The average molecular weight is 337 g/mol. The second-order valence-corrected chi connectivity index (χ2v) is 6.76.